The minimum Gasteiger partial charge on any atom is -0.327 e. The van der Waals surface area contributed by atoms with Gasteiger partial charge in [0.2, 0.25) is 0 Å². The van der Waals surface area contributed by atoms with Crippen LogP contribution in [0.15, 0.2) is 59.6 Å². The van der Waals surface area contributed by atoms with Crippen LogP contribution in [-0.4, -0.2) is 12.2 Å². The summed E-state index contributed by atoms with van der Waals surface area (Å²) < 4.78 is 0. The molecule has 0 aliphatic carbocycles. The number of carbonyl (C=O) groups excluding carboxylic acids is 1. The third-order valence-electron chi connectivity index (χ3n) is 3.14. The quantitative estimate of drug-likeness (QED) is 0.838. The summed E-state index contributed by atoms with van der Waals surface area (Å²) in [6.45, 7) is 3.87. The van der Waals surface area contributed by atoms with Crippen molar-refractivity contribution >= 4 is 23.8 Å². The second kappa shape index (κ2) is 6.55. The molecular formula is C17H17ClN2O. The number of hydrogen-bond acceptors (Lipinski definition) is 1. The van der Waals surface area contributed by atoms with Crippen LogP contribution in [0.3, 0.4) is 0 Å². The van der Waals surface area contributed by atoms with Crippen LogP contribution in [0.25, 0.3) is 0 Å². The predicted molar refractivity (Wildman–Crippen MR) is 87.0 cm³/mol. The van der Waals surface area contributed by atoms with Gasteiger partial charge in [0.15, 0.2) is 0 Å². The number of amides is 2. The number of rotatable bonds is 3. The second-order valence-electron chi connectivity index (χ2n) is 5.20. The van der Waals surface area contributed by atoms with Crippen LogP contribution in [0.4, 0.5) is 4.79 Å². The van der Waals surface area contributed by atoms with E-state index in [1.807, 2.05) is 56.3 Å². The zero-order valence-corrected chi connectivity index (χ0v) is 12.8. The molecule has 0 atom stereocenters. The smallest absolute Gasteiger partial charge is 0.327 e. The number of carbonyl (C=O) groups is 1. The topological polar surface area (TPSA) is 41.5 Å². The highest BCUT2D eigenvalue weighted by Crippen LogP contribution is 2.19. The van der Waals surface area contributed by atoms with Crippen LogP contribution < -0.4 is 5.32 Å². The number of aliphatic imine (C=N–C) groups is 1. The van der Waals surface area contributed by atoms with Crippen molar-refractivity contribution in [2.45, 2.75) is 19.4 Å². The van der Waals surface area contributed by atoms with E-state index < -0.39 is 11.6 Å². The van der Waals surface area contributed by atoms with Crippen molar-refractivity contribution in [3.8, 4) is 0 Å². The van der Waals surface area contributed by atoms with Crippen LogP contribution >= 0.6 is 11.6 Å². The highest BCUT2D eigenvalue weighted by molar-refractivity contribution is 6.33. The maximum atomic E-state index is 12.0. The Bertz CT molecular complexity index is 651. The van der Waals surface area contributed by atoms with E-state index in [9.17, 15) is 4.79 Å². The van der Waals surface area contributed by atoms with Gasteiger partial charge in [-0.25, -0.2) is 9.79 Å². The first kappa shape index (κ1) is 15.3. The van der Waals surface area contributed by atoms with Crippen LogP contribution in [0.2, 0.25) is 5.02 Å². The number of urea groups is 1. The van der Waals surface area contributed by atoms with Crippen molar-refractivity contribution in [3.63, 3.8) is 0 Å². The lowest BCUT2D eigenvalue weighted by molar-refractivity contribution is 0.239. The fourth-order valence-corrected chi connectivity index (χ4v) is 2.12. The Morgan fingerprint density at radius 2 is 1.71 bits per heavy atom. The Morgan fingerprint density at radius 1 is 1.10 bits per heavy atom. The summed E-state index contributed by atoms with van der Waals surface area (Å²) in [4.78, 5) is 15.9. The molecule has 0 bridgehead atoms. The lowest BCUT2D eigenvalue weighted by atomic mass is 9.95. The van der Waals surface area contributed by atoms with Gasteiger partial charge < -0.3 is 5.32 Å². The van der Waals surface area contributed by atoms with Gasteiger partial charge >= 0.3 is 6.03 Å². The third kappa shape index (κ3) is 4.17. The summed E-state index contributed by atoms with van der Waals surface area (Å²) in [5.74, 6) is 0. The normalized spacial score (nSPS) is 11.6. The zero-order valence-electron chi connectivity index (χ0n) is 12.0. The van der Waals surface area contributed by atoms with E-state index >= 15 is 0 Å². The molecule has 0 fully saturated rings. The van der Waals surface area contributed by atoms with Crippen molar-refractivity contribution in [1.82, 2.24) is 5.32 Å². The van der Waals surface area contributed by atoms with E-state index in [4.69, 9.17) is 11.6 Å². The molecule has 0 aromatic heterocycles. The first-order valence-corrected chi connectivity index (χ1v) is 7.03. The molecule has 2 rings (SSSR count). The third-order valence-corrected chi connectivity index (χ3v) is 3.49. The molecular weight excluding hydrogens is 284 g/mol. The molecule has 0 radical (unpaired) electrons. The molecule has 0 saturated carbocycles. The molecule has 0 aliphatic rings. The SMILES string of the molecule is CC(C)(NC(=O)N=Cc1ccccc1Cl)c1ccccc1. The van der Waals surface area contributed by atoms with E-state index in [0.717, 1.165) is 5.56 Å². The van der Waals surface area contributed by atoms with Crippen LogP contribution in [0, 0.1) is 0 Å². The first-order chi connectivity index (χ1) is 9.99. The number of halogens is 1. The molecule has 2 aromatic rings. The highest BCUT2D eigenvalue weighted by Gasteiger charge is 2.21. The number of benzene rings is 2. The van der Waals surface area contributed by atoms with Crippen LogP contribution in [0.5, 0.6) is 0 Å². The van der Waals surface area contributed by atoms with E-state index in [2.05, 4.69) is 10.3 Å². The largest absolute Gasteiger partial charge is 0.341 e. The molecule has 3 nitrogen and oxygen atoms in total. The minimum absolute atomic E-state index is 0.399. The Balaban J connectivity index is 2.07. The number of nitrogens with one attached hydrogen (secondary N) is 1. The van der Waals surface area contributed by atoms with Crippen LogP contribution in [-0.2, 0) is 5.54 Å². The van der Waals surface area contributed by atoms with Crippen molar-refractivity contribution in [2.75, 3.05) is 0 Å². The maximum Gasteiger partial charge on any atom is 0.341 e. The molecule has 0 unspecified atom stereocenters. The maximum absolute atomic E-state index is 12.0. The number of nitrogens with zero attached hydrogens (tertiary/aromatic N) is 1. The lowest BCUT2D eigenvalue weighted by Gasteiger charge is -2.25. The van der Waals surface area contributed by atoms with Crippen molar-refractivity contribution in [1.29, 1.82) is 0 Å². The van der Waals surface area contributed by atoms with Gasteiger partial charge in [-0.05, 0) is 25.5 Å². The summed E-state index contributed by atoms with van der Waals surface area (Å²) in [7, 11) is 0. The van der Waals surface area contributed by atoms with Gasteiger partial charge in [-0.2, -0.15) is 0 Å². The molecule has 0 saturated heterocycles. The van der Waals surface area contributed by atoms with Gasteiger partial charge in [-0.3, -0.25) is 0 Å². The van der Waals surface area contributed by atoms with E-state index in [1.165, 1.54) is 6.21 Å². The van der Waals surface area contributed by atoms with Gasteiger partial charge in [0.1, 0.15) is 0 Å². The standard InChI is InChI=1S/C17H17ClN2O/c1-17(2,14-9-4-3-5-10-14)20-16(21)19-12-13-8-6-7-11-15(13)18/h3-12H,1-2H3,(H,20,21). The van der Waals surface area contributed by atoms with Crippen molar-refractivity contribution in [2.24, 2.45) is 4.99 Å². The summed E-state index contributed by atoms with van der Waals surface area (Å²) in [5.41, 5.74) is 1.24. The molecule has 0 spiro atoms. The Hall–Kier alpha value is -2.13. The molecule has 0 heterocycles. The molecule has 0 aliphatic heterocycles. The summed E-state index contributed by atoms with van der Waals surface area (Å²) >= 11 is 6.01. The predicted octanol–water partition coefficient (Wildman–Crippen LogP) is 4.40. The molecule has 1 N–H and O–H groups in total. The molecule has 108 valence electrons. The fraction of sp³-hybridized carbons (Fsp3) is 0.176. The Morgan fingerprint density at radius 3 is 2.38 bits per heavy atom. The summed E-state index contributed by atoms with van der Waals surface area (Å²) in [5, 5.41) is 3.45. The Kier molecular flexibility index (Phi) is 4.76. The van der Waals surface area contributed by atoms with Crippen molar-refractivity contribution in [3.05, 3.63) is 70.7 Å². The summed E-state index contributed by atoms with van der Waals surface area (Å²) in [6, 6.07) is 16.6. The van der Waals surface area contributed by atoms with Gasteiger partial charge in [0.25, 0.3) is 0 Å². The van der Waals surface area contributed by atoms with E-state index in [0.29, 0.717) is 10.6 Å². The first-order valence-electron chi connectivity index (χ1n) is 6.65. The van der Waals surface area contributed by atoms with E-state index in [-0.39, 0.29) is 0 Å². The fourth-order valence-electron chi connectivity index (χ4n) is 1.93. The average molecular weight is 301 g/mol. The van der Waals surface area contributed by atoms with Crippen LogP contribution in [0.1, 0.15) is 25.0 Å². The number of hydrogen-bond donors (Lipinski definition) is 1. The average Bonchev–Trinajstić information content (AvgIpc) is 2.47. The molecule has 2 aromatic carbocycles. The molecule has 4 heteroatoms. The highest BCUT2D eigenvalue weighted by atomic mass is 35.5. The minimum atomic E-state index is -0.490. The molecule has 21 heavy (non-hydrogen) atoms. The Labute approximate surface area is 129 Å². The monoisotopic (exact) mass is 300 g/mol. The van der Waals surface area contributed by atoms with Gasteiger partial charge in [-0.1, -0.05) is 60.1 Å². The van der Waals surface area contributed by atoms with Crippen molar-refractivity contribution < 1.29 is 4.79 Å². The van der Waals surface area contributed by atoms with E-state index in [1.54, 1.807) is 12.1 Å². The molecule has 2 amide bonds. The lowest BCUT2D eigenvalue weighted by Crippen LogP contribution is -2.39. The van der Waals surface area contributed by atoms with Gasteiger partial charge in [0.05, 0.1) is 5.54 Å². The van der Waals surface area contributed by atoms with Gasteiger partial charge in [-0.15, -0.1) is 0 Å². The van der Waals surface area contributed by atoms with Gasteiger partial charge in [0, 0.05) is 16.8 Å². The zero-order chi connectivity index (χ0) is 15.3. The second-order valence-corrected chi connectivity index (χ2v) is 5.61. The summed E-state index contributed by atoms with van der Waals surface area (Å²) in [6.07, 6.45) is 1.47.